The van der Waals surface area contributed by atoms with Gasteiger partial charge in [0, 0.05) is 12.6 Å². The molecule has 0 aromatic heterocycles. The van der Waals surface area contributed by atoms with E-state index in [1.807, 2.05) is 0 Å². The number of nitrogens with one attached hydrogen (secondary N) is 1. The zero-order chi connectivity index (χ0) is 18.2. The summed E-state index contributed by atoms with van der Waals surface area (Å²) in [6.07, 6.45) is 3.87. The largest absolute Gasteiger partial charge is 0.418 e. The maximum atomic E-state index is 12.4. The molecule has 25 heavy (non-hydrogen) atoms. The molecule has 4 unspecified atom stereocenters. The van der Waals surface area contributed by atoms with E-state index in [9.17, 15) is 18.0 Å². The fourth-order valence-electron chi connectivity index (χ4n) is 3.60. The van der Waals surface area contributed by atoms with Gasteiger partial charge in [-0.2, -0.15) is 13.5 Å². The quantitative estimate of drug-likeness (QED) is 0.420. The first-order chi connectivity index (χ1) is 11.7. The van der Waals surface area contributed by atoms with Gasteiger partial charge in [-0.25, -0.2) is 10.3 Å². The first-order valence-corrected chi connectivity index (χ1v) is 9.59. The Labute approximate surface area is 145 Å². The summed E-state index contributed by atoms with van der Waals surface area (Å²) in [4.78, 5) is 31.2. The van der Waals surface area contributed by atoms with E-state index in [0.717, 1.165) is 19.3 Å². The van der Waals surface area contributed by atoms with E-state index in [2.05, 4.69) is 9.76 Å². The predicted octanol–water partition coefficient (Wildman–Crippen LogP) is -0.693. The molecule has 2 heterocycles. The van der Waals surface area contributed by atoms with E-state index in [-0.39, 0.29) is 18.7 Å². The van der Waals surface area contributed by atoms with E-state index < -0.39 is 34.4 Å². The molecule has 142 valence electrons. The molecule has 1 saturated carbocycles. The number of urea groups is 1. The van der Waals surface area contributed by atoms with Crippen LogP contribution in [0.15, 0.2) is 0 Å². The normalized spacial score (nSPS) is 32.8. The Bertz CT molecular complexity index is 642. The van der Waals surface area contributed by atoms with Crippen molar-refractivity contribution >= 4 is 22.3 Å². The standard InChI is InChI=1S/C13H22N4O7S/c14-8-2-1-3-10(6-8)23-15-12(18)11-5-4-9-7-16(11)13(19)17(9)24-25(20,21)22/h8-11H,1-7,14H2,(H,15,18)(H,20,21,22). The Morgan fingerprint density at radius 2 is 2.04 bits per heavy atom. The molecule has 11 nitrogen and oxygen atoms in total. The zero-order valence-corrected chi connectivity index (χ0v) is 14.4. The minimum atomic E-state index is -4.81. The van der Waals surface area contributed by atoms with Crippen molar-refractivity contribution in [2.45, 2.75) is 62.8 Å². The molecule has 3 rings (SSSR count). The second-order valence-electron chi connectivity index (χ2n) is 6.64. The van der Waals surface area contributed by atoms with Gasteiger partial charge in [0.25, 0.3) is 5.91 Å². The first kappa shape index (κ1) is 18.3. The topological polar surface area (TPSA) is 151 Å². The van der Waals surface area contributed by atoms with Crippen LogP contribution >= 0.6 is 0 Å². The molecule has 12 heteroatoms. The fraction of sp³-hybridized carbons (Fsp3) is 0.846. The third-order valence-corrected chi connectivity index (χ3v) is 5.14. The van der Waals surface area contributed by atoms with Crippen molar-refractivity contribution in [2.24, 2.45) is 5.73 Å². The lowest BCUT2D eigenvalue weighted by atomic mass is 9.94. The number of hydrogen-bond acceptors (Lipinski definition) is 7. The summed E-state index contributed by atoms with van der Waals surface area (Å²) < 4.78 is 34.8. The van der Waals surface area contributed by atoms with E-state index >= 15 is 0 Å². The van der Waals surface area contributed by atoms with Gasteiger partial charge in [-0.15, -0.1) is 4.28 Å². The molecule has 0 aromatic carbocycles. The Kier molecular flexibility index (Phi) is 5.16. The lowest BCUT2D eigenvalue weighted by Crippen LogP contribution is -2.50. The number of nitrogens with two attached hydrogens (primary N) is 1. The van der Waals surface area contributed by atoms with Crippen LogP contribution in [0.4, 0.5) is 4.79 Å². The molecule has 4 atom stereocenters. The summed E-state index contributed by atoms with van der Waals surface area (Å²) in [5, 5.41) is 0.601. The van der Waals surface area contributed by atoms with Crippen molar-refractivity contribution in [1.29, 1.82) is 0 Å². The van der Waals surface area contributed by atoms with Gasteiger partial charge < -0.3 is 10.6 Å². The molecule has 0 aromatic rings. The minimum Gasteiger partial charge on any atom is -0.328 e. The molecule has 4 N–H and O–H groups in total. The number of nitrogens with zero attached hydrogens (tertiary/aromatic N) is 2. The molecule has 0 spiro atoms. The van der Waals surface area contributed by atoms with Crippen LogP contribution in [0.25, 0.3) is 0 Å². The highest BCUT2D eigenvalue weighted by Crippen LogP contribution is 2.30. The number of hydroxylamine groups is 3. The second kappa shape index (κ2) is 7.03. The summed E-state index contributed by atoms with van der Waals surface area (Å²) in [7, 11) is -4.81. The Morgan fingerprint density at radius 3 is 2.72 bits per heavy atom. The summed E-state index contributed by atoms with van der Waals surface area (Å²) in [6, 6.07) is -2.04. The van der Waals surface area contributed by atoms with Crippen LogP contribution in [0.2, 0.25) is 0 Å². The maximum Gasteiger partial charge on any atom is 0.418 e. The average molecular weight is 378 g/mol. The van der Waals surface area contributed by atoms with Crippen LogP contribution in [0.3, 0.4) is 0 Å². The van der Waals surface area contributed by atoms with Crippen molar-refractivity contribution in [1.82, 2.24) is 15.4 Å². The Balaban J connectivity index is 1.57. The van der Waals surface area contributed by atoms with Crippen molar-refractivity contribution in [3.63, 3.8) is 0 Å². The maximum absolute atomic E-state index is 12.4. The van der Waals surface area contributed by atoms with Crippen LogP contribution in [-0.2, 0) is 24.3 Å². The van der Waals surface area contributed by atoms with Gasteiger partial charge in [0.2, 0.25) is 0 Å². The molecule has 2 aliphatic heterocycles. The zero-order valence-electron chi connectivity index (χ0n) is 13.5. The number of amides is 3. The summed E-state index contributed by atoms with van der Waals surface area (Å²) in [5.74, 6) is -0.473. The summed E-state index contributed by atoms with van der Waals surface area (Å²) in [6.45, 7) is 0.140. The molecule has 2 saturated heterocycles. The molecule has 1 aliphatic carbocycles. The van der Waals surface area contributed by atoms with Crippen molar-refractivity contribution in [2.75, 3.05) is 6.54 Å². The van der Waals surface area contributed by atoms with Crippen LogP contribution in [-0.4, -0.2) is 65.6 Å². The van der Waals surface area contributed by atoms with Crippen molar-refractivity contribution < 1.29 is 31.7 Å². The van der Waals surface area contributed by atoms with Gasteiger partial charge >= 0.3 is 16.4 Å². The molecular formula is C13H22N4O7S. The second-order valence-corrected chi connectivity index (χ2v) is 7.65. The van der Waals surface area contributed by atoms with E-state index in [4.69, 9.17) is 15.1 Å². The number of hydrogen-bond donors (Lipinski definition) is 3. The van der Waals surface area contributed by atoms with Gasteiger partial charge in [-0.3, -0.25) is 14.2 Å². The van der Waals surface area contributed by atoms with E-state index in [1.54, 1.807) is 0 Å². The van der Waals surface area contributed by atoms with Gasteiger partial charge in [0.15, 0.2) is 0 Å². The smallest absolute Gasteiger partial charge is 0.328 e. The lowest BCUT2D eigenvalue weighted by molar-refractivity contribution is -0.145. The number of rotatable bonds is 5. The molecule has 3 aliphatic rings. The molecule has 2 bridgehead atoms. The van der Waals surface area contributed by atoms with E-state index in [0.29, 0.717) is 24.3 Å². The highest BCUT2D eigenvalue weighted by molar-refractivity contribution is 7.80. The minimum absolute atomic E-state index is 0.0531. The van der Waals surface area contributed by atoms with Gasteiger partial charge in [0.05, 0.1) is 12.1 Å². The van der Waals surface area contributed by atoms with E-state index in [1.165, 1.54) is 4.90 Å². The van der Waals surface area contributed by atoms with Gasteiger partial charge in [-0.1, -0.05) is 0 Å². The van der Waals surface area contributed by atoms with Gasteiger partial charge in [-0.05, 0) is 38.5 Å². The number of carbonyl (C=O) groups excluding carboxylic acids is 2. The van der Waals surface area contributed by atoms with Crippen LogP contribution < -0.4 is 11.2 Å². The Hall–Kier alpha value is -1.47. The molecule has 0 radical (unpaired) electrons. The van der Waals surface area contributed by atoms with Crippen LogP contribution in [0, 0.1) is 0 Å². The third kappa shape index (κ3) is 4.20. The third-order valence-electron chi connectivity index (χ3n) is 4.79. The number of piperidine rings is 1. The fourth-order valence-corrected chi connectivity index (χ4v) is 3.99. The molecular weight excluding hydrogens is 356 g/mol. The highest BCUT2D eigenvalue weighted by atomic mass is 32.3. The lowest BCUT2D eigenvalue weighted by Gasteiger charge is -2.30. The van der Waals surface area contributed by atoms with Crippen LogP contribution in [0.5, 0.6) is 0 Å². The van der Waals surface area contributed by atoms with Crippen molar-refractivity contribution in [3.8, 4) is 0 Å². The SMILES string of the molecule is NC1CCCC(ONC(=O)C2CCC3CN2C(=O)N3OS(=O)(=O)O)C1. The average Bonchev–Trinajstić information content (AvgIpc) is 2.76. The molecule has 3 fully saturated rings. The number of fused-ring (bicyclic) bond motifs is 2. The summed E-state index contributed by atoms with van der Waals surface area (Å²) >= 11 is 0. The Morgan fingerprint density at radius 1 is 1.28 bits per heavy atom. The van der Waals surface area contributed by atoms with Crippen molar-refractivity contribution in [3.05, 3.63) is 0 Å². The van der Waals surface area contributed by atoms with Crippen LogP contribution in [0.1, 0.15) is 38.5 Å². The first-order valence-electron chi connectivity index (χ1n) is 8.22. The summed E-state index contributed by atoms with van der Waals surface area (Å²) in [5.41, 5.74) is 8.27. The highest BCUT2D eigenvalue weighted by Gasteiger charge is 2.49. The predicted molar refractivity (Wildman–Crippen MR) is 82.8 cm³/mol. The molecule has 3 amide bonds. The monoisotopic (exact) mass is 378 g/mol. The number of carbonyl (C=O) groups is 2. The van der Waals surface area contributed by atoms with Gasteiger partial charge in [0.1, 0.15) is 6.04 Å².